The van der Waals surface area contributed by atoms with Crippen LogP contribution in [0.15, 0.2) is 6.20 Å². The summed E-state index contributed by atoms with van der Waals surface area (Å²) in [4.78, 5) is 25.3. The molecule has 4 aliphatic carbocycles. The van der Waals surface area contributed by atoms with Gasteiger partial charge < -0.3 is 15.4 Å². The van der Waals surface area contributed by atoms with E-state index in [1.807, 2.05) is 20.8 Å². The number of hydrogen-bond donors (Lipinski definition) is 2. The van der Waals surface area contributed by atoms with E-state index < -0.39 is 17.2 Å². The largest absolute Gasteiger partial charge is 0.444 e. The smallest absolute Gasteiger partial charge is 0.408 e. The number of amides is 2. The van der Waals surface area contributed by atoms with Gasteiger partial charge in [0.05, 0.1) is 11.7 Å². The topological polar surface area (TPSA) is 98.1 Å². The molecule has 0 aromatic carbocycles. The van der Waals surface area contributed by atoms with Crippen molar-refractivity contribution in [3.8, 4) is 0 Å². The highest BCUT2D eigenvalue weighted by Gasteiger charge is 2.58. The average Bonchev–Trinajstić information content (AvgIpc) is 3.01. The van der Waals surface area contributed by atoms with Gasteiger partial charge in [-0.1, -0.05) is 5.21 Å². The van der Waals surface area contributed by atoms with Crippen molar-refractivity contribution in [2.45, 2.75) is 64.0 Å². The highest BCUT2D eigenvalue weighted by Crippen LogP contribution is 2.58. The first-order valence-corrected chi connectivity index (χ1v) is 10.3. The molecule has 0 atom stereocenters. The normalized spacial score (nSPS) is 33.6. The molecule has 2 amide bonds. The van der Waals surface area contributed by atoms with Crippen molar-refractivity contribution in [1.29, 1.82) is 0 Å². The summed E-state index contributed by atoms with van der Waals surface area (Å²) in [7, 11) is 1.73. The summed E-state index contributed by atoms with van der Waals surface area (Å²) in [5.41, 5.74) is -0.716. The quantitative estimate of drug-likeness (QED) is 0.823. The van der Waals surface area contributed by atoms with E-state index in [1.54, 1.807) is 13.2 Å². The van der Waals surface area contributed by atoms with E-state index in [4.69, 9.17) is 4.74 Å². The number of aromatic nitrogens is 3. The van der Waals surface area contributed by atoms with Crippen LogP contribution in [0.3, 0.4) is 0 Å². The SMILES string of the molecule is Cn1cc(C(=O)NCC2(NC(=O)OC(C)(C)C)C3CC4CC(C3)CC2C4)nn1. The van der Waals surface area contributed by atoms with Crippen LogP contribution in [0.25, 0.3) is 0 Å². The van der Waals surface area contributed by atoms with Gasteiger partial charge in [0, 0.05) is 13.6 Å². The molecule has 1 heterocycles. The van der Waals surface area contributed by atoms with Crippen molar-refractivity contribution in [3.05, 3.63) is 11.9 Å². The molecule has 0 unspecified atom stereocenters. The van der Waals surface area contributed by atoms with Crippen molar-refractivity contribution >= 4 is 12.0 Å². The van der Waals surface area contributed by atoms with Crippen LogP contribution in [0, 0.1) is 23.7 Å². The van der Waals surface area contributed by atoms with Gasteiger partial charge in [-0.3, -0.25) is 9.48 Å². The van der Waals surface area contributed by atoms with Crippen molar-refractivity contribution < 1.29 is 14.3 Å². The Kier molecular flexibility index (Phi) is 4.62. The lowest BCUT2D eigenvalue weighted by Crippen LogP contribution is -2.70. The van der Waals surface area contributed by atoms with E-state index in [1.165, 1.54) is 11.1 Å². The van der Waals surface area contributed by atoms with E-state index in [0.29, 0.717) is 24.1 Å². The summed E-state index contributed by atoms with van der Waals surface area (Å²) >= 11 is 0. The molecular weight excluding hydrogens is 358 g/mol. The number of ether oxygens (including phenoxy) is 1. The minimum atomic E-state index is -0.555. The molecule has 0 spiro atoms. The van der Waals surface area contributed by atoms with Gasteiger partial charge >= 0.3 is 6.09 Å². The third-order valence-corrected chi connectivity index (χ3v) is 6.71. The minimum Gasteiger partial charge on any atom is -0.444 e. The van der Waals surface area contributed by atoms with Crippen LogP contribution in [0.5, 0.6) is 0 Å². The van der Waals surface area contributed by atoms with Crippen LogP contribution >= 0.6 is 0 Å². The Labute approximate surface area is 165 Å². The van der Waals surface area contributed by atoms with Crippen LogP contribution < -0.4 is 10.6 Å². The Balaban J connectivity index is 1.54. The summed E-state index contributed by atoms with van der Waals surface area (Å²) in [5, 5.41) is 14.0. The number of nitrogens with one attached hydrogen (secondary N) is 2. The average molecular weight is 390 g/mol. The molecule has 0 saturated heterocycles. The lowest BCUT2D eigenvalue weighted by Gasteiger charge is -2.61. The fourth-order valence-corrected chi connectivity index (χ4v) is 5.82. The Morgan fingerprint density at radius 1 is 1.18 bits per heavy atom. The van der Waals surface area contributed by atoms with Crippen molar-refractivity contribution in [1.82, 2.24) is 25.6 Å². The van der Waals surface area contributed by atoms with E-state index in [0.717, 1.165) is 37.5 Å². The maximum atomic E-state index is 12.7. The van der Waals surface area contributed by atoms with Crippen molar-refractivity contribution in [3.63, 3.8) is 0 Å². The molecule has 4 saturated carbocycles. The zero-order valence-electron chi connectivity index (χ0n) is 17.2. The Morgan fingerprint density at radius 2 is 1.79 bits per heavy atom. The molecular formula is C20H31N5O3. The number of carbonyl (C=O) groups excluding carboxylic acids is 2. The highest BCUT2D eigenvalue weighted by molar-refractivity contribution is 5.91. The number of carbonyl (C=O) groups is 2. The predicted molar refractivity (Wildman–Crippen MR) is 102 cm³/mol. The summed E-state index contributed by atoms with van der Waals surface area (Å²) in [6.07, 6.45) is 6.98. The second-order valence-electron chi connectivity index (χ2n) is 9.93. The second kappa shape index (κ2) is 6.74. The summed E-state index contributed by atoms with van der Waals surface area (Å²) in [6, 6.07) is 0. The molecule has 154 valence electrons. The monoisotopic (exact) mass is 389 g/mol. The van der Waals surface area contributed by atoms with Gasteiger partial charge in [-0.05, 0) is 76.5 Å². The lowest BCUT2D eigenvalue weighted by molar-refractivity contribution is -0.0733. The van der Waals surface area contributed by atoms with Gasteiger partial charge in [-0.2, -0.15) is 0 Å². The molecule has 1 aromatic heterocycles. The van der Waals surface area contributed by atoms with Crippen LogP contribution in [-0.4, -0.2) is 44.7 Å². The molecule has 28 heavy (non-hydrogen) atoms. The Morgan fingerprint density at radius 3 is 2.29 bits per heavy atom. The maximum Gasteiger partial charge on any atom is 0.408 e. The van der Waals surface area contributed by atoms with Crippen LogP contribution in [0.1, 0.15) is 63.4 Å². The van der Waals surface area contributed by atoms with E-state index in [2.05, 4.69) is 20.9 Å². The Bertz CT molecular complexity index is 738. The number of aryl methyl sites for hydroxylation is 1. The van der Waals surface area contributed by atoms with E-state index in [-0.39, 0.29) is 5.91 Å². The van der Waals surface area contributed by atoms with Gasteiger partial charge in [0.25, 0.3) is 5.91 Å². The fraction of sp³-hybridized carbons (Fsp3) is 0.800. The minimum absolute atomic E-state index is 0.257. The van der Waals surface area contributed by atoms with E-state index in [9.17, 15) is 9.59 Å². The summed E-state index contributed by atoms with van der Waals surface area (Å²) < 4.78 is 7.08. The fourth-order valence-electron chi connectivity index (χ4n) is 5.82. The Hall–Kier alpha value is -2.12. The zero-order chi connectivity index (χ0) is 20.1. The first kappa shape index (κ1) is 19.2. The zero-order valence-corrected chi connectivity index (χ0v) is 17.2. The standard InChI is InChI=1S/C20H31N5O3/c1-19(2,3)28-18(27)22-20(11-21-17(26)16-10-25(4)24-23-16)14-6-12-5-13(8-14)9-15(20)7-12/h10,12-15H,5-9,11H2,1-4H3,(H,21,26)(H,22,27). The maximum absolute atomic E-state index is 12.7. The van der Waals surface area contributed by atoms with Crippen molar-refractivity contribution in [2.24, 2.45) is 30.7 Å². The highest BCUT2D eigenvalue weighted by atomic mass is 16.6. The van der Waals surface area contributed by atoms with Crippen LogP contribution in [0.4, 0.5) is 4.79 Å². The third-order valence-electron chi connectivity index (χ3n) is 6.71. The van der Waals surface area contributed by atoms with Gasteiger partial charge in [0.2, 0.25) is 0 Å². The predicted octanol–water partition coefficient (Wildman–Crippen LogP) is 2.26. The summed E-state index contributed by atoms with van der Waals surface area (Å²) in [6.45, 7) is 6.00. The molecule has 8 nitrogen and oxygen atoms in total. The molecule has 2 N–H and O–H groups in total. The van der Waals surface area contributed by atoms with Crippen LogP contribution in [0.2, 0.25) is 0 Å². The third kappa shape index (κ3) is 3.61. The number of nitrogens with zero attached hydrogens (tertiary/aromatic N) is 3. The molecule has 4 fully saturated rings. The first-order chi connectivity index (χ1) is 13.1. The number of hydrogen-bond acceptors (Lipinski definition) is 5. The number of alkyl carbamates (subject to hydrolysis) is 1. The van der Waals surface area contributed by atoms with Gasteiger partial charge in [0.1, 0.15) is 5.60 Å². The first-order valence-electron chi connectivity index (χ1n) is 10.3. The molecule has 1 aromatic rings. The van der Waals surface area contributed by atoms with Gasteiger partial charge in [0.15, 0.2) is 5.69 Å². The van der Waals surface area contributed by atoms with Crippen molar-refractivity contribution in [2.75, 3.05) is 6.54 Å². The molecule has 0 aliphatic heterocycles. The van der Waals surface area contributed by atoms with Gasteiger partial charge in [-0.25, -0.2) is 4.79 Å². The molecule has 8 heteroatoms. The molecule has 0 radical (unpaired) electrons. The molecule has 4 aliphatic rings. The van der Waals surface area contributed by atoms with E-state index >= 15 is 0 Å². The van der Waals surface area contributed by atoms with Gasteiger partial charge in [-0.15, -0.1) is 5.10 Å². The lowest BCUT2D eigenvalue weighted by atomic mass is 9.48. The summed E-state index contributed by atoms with van der Waals surface area (Å²) in [5.74, 6) is 2.00. The second-order valence-corrected chi connectivity index (χ2v) is 9.93. The number of rotatable bonds is 4. The van der Waals surface area contributed by atoms with Crippen LogP contribution in [-0.2, 0) is 11.8 Å². The molecule has 5 rings (SSSR count). The molecule has 4 bridgehead atoms.